The van der Waals surface area contributed by atoms with Crippen molar-refractivity contribution >= 4 is 28.9 Å². The van der Waals surface area contributed by atoms with E-state index in [4.69, 9.17) is 12.2 Å². The van der Waals surface area contributed by atoms with Crippen LogP contribution in [0.4, 0.5) is 10.1 Å². The smallest absolute Gasteiger partial charge is 0.226 e. The topological polar surface area (TPSA) is 62.2 Å². The van der Waals surface area contributed by atoms with Gasteiger partial charge in [0.1, 0.15) is 5.82 Å². The highest BCUT2D eigenvalue weighted by Gasteiger charge is 2.41. The summed E-state index contributed by atoms with van der Waals surface area (Å²) in [6.45, 7) is 6.77. The van der Waals surface area contributed by atoms with E-state index in [2.05, 4.69) is 70.1 Å². The van der Waals surface area contributed by atoms with Crippen LogP contribution in [0.15, 0.2) is 79.0 Å². The molecule has 2 aromatic heterocycles. The lowest BCUT2D eigenvalue weighted by Crippen LogP contribution is -2.32. The van der Waals surface area contributed by atoms with E-state index in [0.717, 1.165) is 28.3 Å². The van der Waals surface area contributed by atoms with Crippen LogP contribution in [0, 0.1) is 26.6 Å². The van der Waals surface area contributed by atoms with Gasteiger partial charge < -0.3 is 20.1 Å². The van der Waals surface area contributed by atoms with Crippen LogP contribution < -0.4 is 10.6 Å². The van der Waals surface area contributed by atoms with Crippen molar-refractivity contribution < 1.29 is 9.18 Å². The number of nitrogens with zero attached hydrogens (tertiary/aromatic N) is 3. The van der Waals surface area contributed by atoms with Crippen LogP contribution in [0.25, 0.3) is 5.69 Å². The molecule has 194 valence electrons. The van der Waals surface area contributed by atoms with E-state index in [9.17, 15) is 9.18 Å². The Kier molecular flexibility index (Phi) is 7.24. The fourth-order valence-corrected chi connectivity index (χ4v) is 5.57. The third-order valence-electron chi connectivity index (χ3n) is 7.05. The summed E-state index contributed by atoms with van der Waals surface area (Å²) >= 11 is 5.79. The number of carbonyl (C=O) groups excluding carboxylic acids is 1. The predicted molar refractivity (Wildman–Crippen MR) is 152 cm³/mol. The van der Waals surface area contributed by atoms with E-state index in [1.165, 1.54) is 17.7 Å². The third kappa shape index (κ3) is 5.04. The number of benzene rings is 2. The van der Waals surface area contributed by atoms with Crippen molar-refractivity contribution in [2.24, 2.45) is 0 Å². The molecule has 0 radical (unpaired) electrons. The van der Waals surface area contributed by atoms with Crippen molar-refractivity contribution in [2.75, 3.05) is 11.9 Å². The van der Waals surface area contributed by atoms with E-state index in [0.29, 0.717) is 17.3 Å². The number of thiocarbonyl (C=S) groups is 1. The number of para-hydroxylation sites is 1. The molecule has 0 unspecified atom stereocenters. The molecule has 1 aliphatic rings. The zero-order chi connectivity index (χ0) is 26.8. The van der Waals surface area contributed by atoms with Crippen molar-refractivity contribution in [3.63, 3.8) is 0 Å². The van der Waals surface area contributed by atoms with Gasteiger partial charge in [-0.15, -0.1) is 0 Å². The largest absolute Gasteiger partial charge is 0.352 e. The van der Waals surface area contributed by atoms with Gasteiger partial charge in [-0.3, -0.25) is 9.78 Å². The molecule has 2 atom stereocenters. The van der Waals surface area contributed by atoms with E-state index in [-0.39, 0.29) is 30.2 Å². The van der Waals surface area contributed by atoms with Crippen molar-refractivity contribution in [3.05, 3.63) is 113 Å². The summed E-state index contributed by atoms with van der Waals surface area (Å²) in [6, 6.07) is 21.8. The molecule has 6 nitrogen and oxygen atoms in total. The van der Waals surface area contributed by atoms with Crippen LogP contribution in [0.5, 0.6) is 0 Å². The molecule has 1 saturated heterocycles. The molecule has 2 N–H and O–H groups in total. The number of aryl methyl sites for hydroxylation is 2. The second-order valence-electron chi connectivity index (χ2n) is 9.57. The highest BCUT2D eigenvalue weighted by Crippen LogP contribution is 2.41. The first-order valence-electron chi connectivity index (χ1n) is 12.6. The number of pyridine rings is 1. The van der Waals surface area contributed by atoms with Crippen molar-refractivity contribution in [1.82, 2.24) is 19.8 Å². The average molecular weight is 528 g/mol. The minimum Gasteiger partial charge on any atom is -0.352 e. The molecule has 2 aromatic carbocycles. The summed E-state index contributed by atoms with van der Waals surface area (Å²) in [5, 5.41) is 6.90. The minimum atomic E-state index is -0.344. The maximum Gasteiger partial charge on any atom is 0.226 e. The van der Waals surface area contributed by atoms with Crippen LogP contribution in [0.3, 0.4) is 0 Å². The molecule has 8 heteroatoms. The number of carbonyl (C=O) groups is 1. The fourth-order valence-electron chi connectivity index (χ4n) is 5.24. The standard InChI is InChI=1S/C30H30FN5OS/c1-19-8-4-5-10-26(19)36-20(2)18-24(21(36)3)29-28(25-9-6-7-16-32-25)34-30(38)35(29)17-15-27(37)33-23-13-11-22(31)12-14-23/h4-14,16,18,28-29H,15,17H2,1-3H3,(H,33,37)(H,34,38)/t28-,29+/m0/s1. The maximum absolute atomic E-state index is 13.2. The lowest BCUT2D eigenvalue weighted by atomic mass is 9.96. The second-order valence-corrected chi connectivity index (χ2v) is 9.96. The monoisotopic (exact) mass is 527 g/mol. The van der Waals surface area contributed by atoms with Gasteiger partial charge in [-0.25, -0.2) is 4.39 Å². The van der Waals surface area contributed by atoms with Crippen molar-refractivity contribution in [2.45, 2.75) is 39.3 Å². The fraction of sp³-hybridized carbons (Fsp3) is 0.233. The quantitative estimate of drug-likeness (QED) is 0.292. The van der Waals surface area contributed by atoms with Crippen molar-refractivity contribution in [3.8, 4) is 5.69 Å². The summed E-state index contributed by atoms with van der Waals surface area (Å²) < 4.78 is 15.5. The van der Waals surface area contributed by atoms with E-state index < -0.39 is 0 Å². The number of hydrogen-bond acceptors (Lipinski definition) is 3. The molecule has 0 spiro atoms. The Morgan fingerprint density at radius 3 is 2.50 bits per heavy atom. The Morgan fingerprint density at radius 2 is 1.79 bits per heavy atom. The van der Waals surface area contributed by atoms with Gasteiger partial charge in [-0.1, -0.05) is 24.3 Å². The van der Waals surface area contributed by atoms with Gasteiger partial charge in [0.25, 0.3) is 0 Å². The van der Waals surface area contributed by atoms with Crippen molar-refractivity contribution in [1.29, 1.82) is 0 Å². The van der Waals surface area contributed by atoms with Gasteiger partial charge in [-0.2, -0.15) is 0 Å². The SMILES string of the molecule is Cc1ccccc1-n1c(C)cc([C@@H]2[C@H](c3ccccn3)NC(=S)N2CCC(=O)Nc2ccc(F)cc2)c1C. The number of hydrogen-bond donors (Lipinski definition) is 2. The molecule has 3 heterocycles. The third-order valence-corrected chi connectivity index (χ3v) is 7.40. The Morgan fingerprint density at radius 1 is 1.05 bits per heavy atom. The van der Waals surface area contributed by atoms with E-state index >= 15 is 0 Å². The number of anilines is 1. The van der Waals surface area contributed by atoms with Gasteiger partial charge in [0, 0.05) is 41.9 Å². The Labute approximate surface area is 227 Å². The first kappa shape index (κ1) is 25.6. The van der Waals surface area contributed by atoms with Gasteiger partial charge >= 0.3 is 0 Å². The molecular formula is C30H30FN5OS. The Balaban J connectivity index is 1.47. The summed E-state index contributed by atoms with van der Waals surface area (Å²) in [5.41, 5.74) is 7.15. The van der Waals surface area contributed by atoms with Gasteiger partial charge in [0.05, 0.1) is 17.8 Å². The highest BCUT2D eigenvalue weighted by molar-refractivity contribution is 7.80. The molecule has 0 bridgehead atoms. The zero-order valence-corrected chi connectivity index (χ0v) is 22.4. The number of halogens is 1. The summed E-state index contributed by atoms with van der Waals surface area (Å²) in [7, 11) is 0. The molecule has 1 fully saturated rings. The molecular weight excluding hydrogens is 497 g/mol. The first-order chi connectivity index (χ1) is 18.3. The minimum absolute atomic E-state index is 0.153. The van der Waals surface area contributed by atoms with E-state index in [1.54, 1.807) is 18.3 Å². The van der Waals surface area contributed by atoms with Crippen LogP contribution in [0.2, 0.25) is 0 Å². The second kappa shape index (κ2) is 10.8. The Hall–Kier alpha value is -4.04. The molecule has 0 saturated carbocycles. The number of rotatable bonds is 7. The average Bonchev–Trinajstić information content (AvgIpc) is 3.39. The van der Waals surface area contributed by atoms with Gasteiger partial charge in [0.2, 0.25) is 5.91 Å². The lowest BCUT2D eigenvalue weighted by molar-refractivity contribution is -0.116. The lowest BCUT2D eigenvalue weighted by Gasteiger charge is -2.28. The van der Waals surface area contributed by atoms with Gasteiger partial charge in [0.15, 0.2) is 5.11 Å². The predicted octanol–water partition coefficient (Wildman–Crippen LogP) is 5.94. The zero-order valence-electron chi connectivity index (χ0n) is 21.6. The Bertz CT molecular complexity index is 1470. The molecule has 4 aromatic rings. The summed E-state index contributed by atoms with van der Waals surface area (Å²) in [4.78, 5) is 19.5. The van der Waals surface area contributed by atoms with E-state index in [1.807, 2.05) is 24.3 Å². The normalized spacial score (nSPS) is 16.9. The summed E-state index contributed by atoms with van der Waals surface area (Å²) in [5.74, 6) is -0.506. The maximum atomic E-state index is 13.2. The van der Waals surface area contributed by atoms with Gasteiger partial charge in [-0.05, 0) is 92.6 Å². The molecule has 0 aliphatic carbocycles. The summed E-state index contributed by atoms with van der Waals surface area (Å²) in [6.07, 6.45) is 2.01. The van der Waals surface area contributed by atoms with Crippen LogP contribution >= 0.6 is 12.2 Å². The first-order valence-corrected chi connectivity index (χ1v) is 13.0. The number of aromatic nitrogens is 2. The number of amides is 1. The van der Waals surface area contributed by atoms with Crippen LogP contribution in [0.1, 0.15) is 46.7 Å². The van der Waals surface area contributed by atoms with Crippen LogP contribution in [-0.4, -0.2) is 32.0 Å². The highest BCUT2D eigenvalue weighted by atomic mass is 32.1. The molecule has 1 aliphatic heterocycles. The molecule has 1 amide bonds. The molecule has 5 rings (SSSR count). The number of nitrogens with one attached hydrogen (secondary N) is 2. The molecule has 38 heavy (non-hydrogen) atoms. The van der Waals surface area contributed by atoms with Crippen LogP contribution in [-0.2, 0) is 4.79 Å².